The monoisotopic (exact) mass is 443 g/mol. The van der Waals surface area contributed by atoms with Crippen LogP contribution in [-0.4, -0.2) is 62.0 Å². The van der Waals surface area contributed by atoms with E-state index in [0.29, 0.717) is 49.5 Å². The number of piperidine rings is 1. The van der Waals surface area contributed by atoms with E-state index in [0.717, 1.165) is 5.56 Å². The van der Waals surface area contributed by atoms with E-state index in [-0.39, 0.29) is 23.6 Å². The molecule has 0 radical (unpaired) electrons. The zero-order valence-electron chi connectivity index (χ0n) is 17.9. The normalized spacial score (nSPS) is 15.4. The van der Waals surface area contributed by atoms with Gasteiger partial charge in [0.2, 0.25) is 5.91 Å². The van der Waals surface area contributed by atoms with E-state index in [1.165, 1.54) is 11.3 Å². The van der Waals surface area contributed by atoms with Crippen LogP contribution in [0.3, 0.4) is 0 Å². The molecule has 3 rings (SSSR count). The standard InChI is InChI=1S/C23H29N3O4S/c1-16-5-7-18(8-6-16)23(29)26-12-9-17(10-13-26)20(22(28)24-11-14-30-2)25-21(27)19-4-3-15-31-19/h3-8,15,17,20H,9-14H2,1-2H3,(H,24,28)(H,25,27). The zero-order valence-corrected chi connectivity index (χ0v) is 18.7. The van der Waals surface area contributed by atoms with Gasteiger partial charge in [0.25, 0.3) is 11.8 Å². The van der Waals surface area contributed by atoms with E-state index in [4.69, 9.17) is 4.74 Å². The van der Waals surface area contributed by atoms with Gasteiger partial charge in [0.15, 0.2) is 0 Å². The lowest BCUT2D eigenvalue weighted by molar-refractivity contribution is -0.124. The second kappa shape index (κ2) is 11.1. The number of carbonyl (C=O) groups excluding carboxylic acids is 3. The van der Waals surface area contributed by atoms with Gasteiger partial charge in [-0.15, -0.1) is 11.3 Å². The molecule has 166 valence electrons. The molecule has 1 fully saturated rings. The maximum absolute atomic E-state index is 12.8. The van der Waals surface area contributed by atoms with Gasteiger partial charge < -0.3 is 20.3 Å². The summed E-state index contributed by atoms with van der Waals surface area (Å²) in [5.41, 5.74) is 1.78. The number of rotatable bonds is 8. The van der Waals surface area contributed by atoms with E-state index in [1.54, 1.807) is 13.2 Å². The minimum Gasteiger partial charge on any atom is -0.383 e. The molecule has 1 unspecified atom stereocenters. The van der Waals surface area contributed by atoms with E-state index in [1.807, 2.05) is 47.5 Å². The Hall–Kier alpha value is -2.71. The van der Waals surface area contributed by atoms with Crippen LogP contribution in [0.2, 0.25) is 0 Å². The van der Waals surface area contributed by atoms with Crippen molar-refractivity contribution in [1.82, 2.24) is 15.5 Å². The van der Waals surface area contributed by atoms with Crippen LogP contribution in [0.1, 0.15) is 38.4 Å². The molecule has 0 aliphatic carbocycles. The van der Waals surface area contributed by atoms with Gasteiger partial charge >= 0.3 is 0 Å². The van der Waals surface area contributed by atoms with Gasteiger partial charge in [-0.05, 0) is 49.3 Å². The quantitative estimate of drug-likeness (QED) is 0.614. The SMILES string of the molecule is COCCNC(=O)C(NC(=O)c1cccs1)C1CCN(C(=O)c2ccc(C)cc2)CC1. The summed E-state index contributed by atoms with van der Waals surface area (Å²) in [7, 11) is 1.57. The summed E-state index contributed by atoms with van der Waals surface area (Å²) in [5, 5.41) is 7.59. The van der Waals surface area contributed by atoms with Crippen molar-refractivity contribution >= 4 is 29.1 Å². The van der Waals surface area contributed by atoms with Crippen LogP contribution in [0, 0.1) is 12.8 Å². The molecule has 1 aliphatic heterocycles. The molecule has 1 aromatic heterocycles. The first-order chi connectivity index (χ1) is 15.0. The van der Waals surface area contributed by atoms with Crippen molar-refractivity contribution in [3.8, 4) is 0 Å². The number of carbonyl (C=O) groups is 3. The number of nitrogens with one attached hydrogen (secondary N) is 2. The highest BCUT2D eigenvalue weighted by Gasteiger charge is 2.34. The molecule has 3 amide bonds. The highest BCUT2D eigenvalue weighted by atomic mass is 32.1. The Kier molecular flexibility index (Phi) is 8.20. The summed E-state index contributed by atoms with van der Waals surface area (Å²) in [6.45, 7) is 3.87. The van der Waals surface area contributed by atoms with Gasteiger partial charge in [-0.2, -0.15) is 0 Å². The molecule has 8 heteroatoms. The summed E-state index contributed by atoms with van der Waals surface area (Å²) < 4.78 is 5.00. The number of thiophene rings is 1. The average Bonchev–Trinajstić information content (AvgIpc) is 3.33. The summed E-state index contributed by atoms with van der Waals surface area (Å²) in [4.78, 5) is 40.6. The molecule has 7 nitrogen and oxygen atoms in total. The number of hydrogen-bond donors (Lipinski definition) is 2. The predicted molar refractivity (Wildman–Crippen MR) is 120 cm³/mol. The molecule has 1 aromatic carbocycles. The molecule has 1 aliphatic rings. The van der Waals surface area contributed by atoms with Gasteiger partial charge in [-0.3, -0.25) is 14.4 Å². The molecular formula is C23H29N3O4S. The van der Waals surface area contributed by atoms with E-state index < -0.39 is 6.04 Å². The van der Waals surface area contributed by atoms with Crippen molar-refractivity contribution < 1.29 is 19.1 Å². The van der Waals surface area contributed by atoms with Crippen molar-refractivity contribution in [2.24, 2.45) is 5.92 Å². The molecule has 0 saturated carbocycles. The first-order valence-electron chi connectivity index (χ1n) is 10.5. The number of benzene rings is 1. The van der Waals surface area contributed by atoms with Gasteiger partial charge in [-0.1, -0.05) is 23.8 Å². The molecule has 2 aromatic rings. The van der Waals surface area contributed by atoms with Crippen LogP contribution in [0.5, 0.6) is 0 Å². The first kappa shape index (κ1) is 23.0. The van der Waals surface area contributed by atoms with Crippen molar-refractivity contribution in [2.75, 3.05) is 33.4 Å². The second-order valence-electron chi connectivity index (χ2n) is 7.71. The Balaban J connectivity index is 1.64. The third-order valence-corrected chi connectivity index (χ3v) is 6.38. The lowest BCUT2D eigenvalue weighted by atomic mass is 9.88. The highest BCUT2D eigenvalue weighted by molar-refractivity contribution is 7.12. The van der Waals surface area contributed by atoms with Crippen molar-refractivity contribution in [1.29, 1.82) is 0 Å². The molecule has 31 heavy (non-hydrogen) atoms. The lowest BCUT2D eigenvalue weighted by Gasteiger charge is -2.35. The molecule has 2 N–H and O–H groups in total. The van der Waals surface area contributed by atoms with E-state index in [9.17, 15) is 14.4 Å². The van der Waals surface area contributed by atoms with Crippen LogP contribution < -0.4 is 10.6 Å². The van der Waals surface area contributed by atoms with Crippen LogP contribution >= 0.6 is 11.3 Å². The number of amides is 3. The average molecular weight is 444 g/mol. The third-order valence-electron chi connectivity index (χ3n) is 5.52. The van der Waals surface area contributed by atoms with Crippen LogP contribution in [0.25, 0.3) is 0 Å². The van der Waals surface area contributed by atoms with E-state index >= 15 is 0 Å². The predicted octanol–water partition coefficient (Wildman–Crippen LogP) is 2.47. The van der Waals surface area contributed by atoms with Crippen LogP contribution in [0.15, 0.2) is 41.8 Å². The van der Waals surface area contributed by atoms with Crippen molar-refractivity contribution in [3.05, 3.63) is 57.8 Å². The Bertz CT molecular complexity index is 875. The first-order valence-corrected chi connectivity index (χ1v) is 11.3. The molecular weight excluding hydrogens is 414 g/mol. The molecule has 1 atom stereocenters. The summed E-state index contributed by atoms with van der Waals surface area (Å²) in [6.07, 6.45) is 1.29. The molecule has 1 saturated heterocycles. The number of hydrogen-bond acceptors (Lipinski definition) is 5. The topological polar surface area (TPSA) is 87.7 Å². The summed E-state index contributed by atoms with van der Waals surface area (Å²) >= 11 is 1.34. The number of ether oxygens (including phenoxy) is 1. The fraction of sp³-hybridized carbons (Fsp3) is 0.435. The summed E-state index contributed by atoms with van der Waals surface area (Å²) in [6, 6.07) is 10.4. The fourth-order valence-corrected chi connectivity index (χ4v) is 4.35. The van der Waals surface area contributed by atoms with Gasteiger partial charge in [0, 0.05) is 32.3 Å². The molecule has 0 spiro atoms. The van der Waals surface area contributed by atoms with Crippen molar-refractivity contribution in [3.63, 3.8) is 0 Å². The number of nitrogens with zero attached hydrogens (tertiary/aromatic N) is 1. The second-order valence-corrected chi connectivity index (χ2v) is 8.66. The summed E-state index contributed by atoms with van der Waals surface area (Å²) in [5.74, 6) is -0.513. The smallest absolute Gasteiger partial charge is 0.262 e. The number of likely N-dealkylation sites (tertiary alicyclic amines) is 1. The Morgan fingerprint density at radius 1 is 1.16 bits per heavy atom. The zero-order chi connectivity index (χ0) is 22.2. The van der Waals surface area contributed by atoms with Crippen molar-refractivity contribution in [2.45, 2.75) is 25.8 Å². The number of aryl methyl sites for hydroxylation is 1. The molecule has 2 heterocycles. The van der Waals surface area contributed by atoms with Gasteiger partial charge in [0.05, 0.1) is 11.5 Å². The largest absolute Gasteiger partial charge is 0.383 e. The third kappa shape index (κ3) is 6.15. The lowest BCUT2D eigenvalue weighted by Crippen LogP contribution is -2.54. The Morgan fingerprint density at radius 2 is 1.87 bits per heavy atom. The van der Waals surface area contributed by atoms with Crippen LogP contribution in [-0.2, 0) is 9.53 Å². The highest BCUT2D eigenvalue weighted by Crippen LogP contribution is 2.23. The van der Waals surface area contributed by atoms with Crippen LogP contribution in [0.4, 0.5) is 0 Å². The minimum absolute atomic E-state index is 0.00201. The minimum atomic E-state index is -0.650. The Labute approximate surface area is 186 Å². The molecule has 0 bridgehead atoms. The Morgan fingerprint density at radius 3 is 2.48 bits per heavy atom. The maximum atomic E-state index is 12.8. The number of methoxy groups -OCH3 is 1. The maximum Gasteiger partial charge on any atom is 0.262 e. The van der Waals surface area contributed by atoms with E-state index in [2.05, 4.69) is 10.6 Å². The van der Waals surface area contributed by atoms with Gasteiger partial charge in [0.1, 0.15) is 6.04 Å². The van der Waals surface area contributed by atoms with Gasteiger partial charge in [-0.25, -0.2) is 0 Å². The fourth-order valence-electron chi connectivity index (χ4n) is 3.72.